The molecule has 0 radical (unpaired) electrons. The monoisotopic (exact) mass is 333 g/mol. The van der Waals surface area contributed by atoms with Crippen LogP contribution in [0.2, 0.25) is 0 Å². The quantitative estimate of drug-likeness (QED) is 0.815. The van der Waals surface area contributed by atoms with Crippen molar-refractivity contribution in [3.63, 3.8) is 0 Å². The summed E-state index contributed by atoms with van der Waals surface area (Å²) >= 11 is 5.21. The molecule has 0 atom stereocenters. The normalized spacial score (nSPS) is 9.87. The zero-order valence-electron chi connectivity index (χ0n) is 13.3. The third kappa shape index (κ3) is 4.50. The van der Waals surface area contributed by atoms with Crippen molar-refractivity contribution in [2.45, 2.75) is 6.61 Å². The lowest BCUT2D eigenvalue weighted by atomic mass is 10.2. The zero-order chi connectivity index (χ0) is 16.7. The van der Waals surface area contributed by atoms with Crippen molar-refractivity contribution in [3.8, 4) is 17.2 Å². The molecule has 0 heterocycles. The third-order valence-electron chi connectivity index (χ3n) is 3.12. The summed E-state index contributed by atoms with van der Waals surface area (Å²) in [5, 5.41) is 3.27. The average molecular weight is 333 g/mol. The number of anilines is 1. The fraction of sp³-hybridized carbons (Fsp3) is 0.235. The fourth-order valence-corrected chi connectivity index (χ4v) is 2.21. The standard InChI is InChI=1S/C17H19NO4S/c1-19-14-9-13(10-15(20-2)16(14)21-3)18-17(23)22-11-12-7-5-4-6-8-12/h4-10H,11H2,1-3H3,(H,18,23). The van der Waals surface area contributed by atoms with Crippen molar-refractivity contribution in [2.24, 2.45) is 0 Å². The van der Waals surface area contributed by atoms with Crippen LogP contribution in [0, 0.1) is 0 Å². The Morgan fingerprint density at radius 1 is 0.957 bits per heavy atom. The van der Waals surface area contributed by atoms with Gasteiger partial charge in [-0.05, 0) is 17.8 Å². The Morgan fingerprint density at radius 3 is 2.09 bits per heavy atom. The number of hydrogen-bond acceptors (Lipinski definition) is 5. The maximum atomic E-state index is 5.54. The van der Waals surface area contributed by atoms with Gasteiger partial charge in [-0.25, -0.2) is 0 Å². The first-order valence-electron chi connectivity index (χ1n) is 6.95. The molecule has 23 heavy (non-hydrogen) atoms. The Balaban J connectivity index is 2.05. The second-order valence-electron chi connectivity index (χ2n) is 4.60. The molecule has 2 aromatic rings. The second kappa shape index (κ2) is 8.24. The predicted octanol–water partition coefficient (Wildman–Crippen LogP) is 3.63. The van der Waals surface area contributed by atoms with E-state index in [1.165, 1.54) is 0 Å². The van der Waals surface area contributed by atoms with Gasteiger partial charge in [0.15, 0.2) is 11.5 Å². The highest BCUT2D eigenvalue weighted by Crippen LogP contribution is 2.39. The average Bonchev–Trinajstić information content (AvgIpc) is 2.59. The second-order valence-corrected chi connectivity index (χ2v) is 4.97. The van der Waals surface area contributed by atoms with Crippen LogP contribution >= 0.6 is 12.2 Å². The summed E-state index contributed by atoms with van der Waals surface area (Å²) in [6.07, 6.45) is 0. The molecule has 1 N–H and O–H groups in total. The molecule has 0 aliphatic carbocycles. The number of ether oxygens (including phenoxy) is 4. The van der Waals surface area contributed by atoms with Gasteiger partial charge in [0.25, 0.3) is 5.17 Å². The SMILES string of the molecule is COc1cc(NC(=S)OCc2ccccc2)cc(OC)c1OC. The van der Waals surface area contributed by atoms with E-state index in [9.17, 15) is 0 Å². The molecule has 0 saturated heterocycles. The number of thiocarbonyl (C=S) groups is 1. The molecule has 0 aliphatic rings. The van der Waals surface area contributed by atoms with Crippen LogP contribution in [0.5, 0.6) is 17.2 Å². The van der Waals surface area contributed by atoms with Crippen LogP contribution in [0.3, 0.4) is 0 Å². The molecule has 2 rings (SSSR count). The Kier molecular flexibility index (Phi) is 6.05. The van der Waals surface area contributed by atoms with Gasteiger partial charge in [0.1, 0.15) is 6.61 Å². The lowest BCUT2D eigenvalue weighted by Crippen LogP contribution is -2.13. The topological polar surface area (TPSA) is 49.0 Å². The van der Waals surface area contributed by atoms with E-state index in [4.69, 9.17) is 31.2 Å². The summed E-state index contributed by atoms with van der Waals surface area (Å²) in [6.45, 7) is 0.400. The fourth-order valence-electron chi connectivity index (χ4n) is 2.03. The molecule has 0 saturated carbocycles. The summed E-state index contributed by atoms with van der Waals surface area (Å²) in [6, 6.07) is 13.3. The number of methoxy groups -OCH3 is 3. The van der Waals surface area contributed by atoms with Crippen LogP contribution in [-0.2, 0) is 11.3 Å². The molecule has 0 bridgehead atoms. The van der Waals surface area contributed by atoms with Crippen LogP contribution in [0.1, 0.15) is 5.56 Å². The van der Waals surface area contributed by atoms with Crippen molar-refractivity contribution < 1.29 is 18.9 Å². The van der Waals surface area contributed by atoms with Gasteiger partial charge in [-0.1, -0.05) is 30.3 Å². The summed E-state index contributed by atoms with van der Waals surface area (Å²) in [7, 11) is 4.68. The van der Waals surface area contributed by atoms with Gasteiger partial charge in [-0.15, -0.1) is 0 Å². The van der Waals surface area contributed by atoms with Crippen LogP contribution in [0.4, 0.5) is 5.69 Å². The van der Waals surface area contributed by atoms with E-state index in [-0.39, 0.29) is 5.17 Å². The molecule has 5 nitrogen and oxygen atoms in total. The molecular weight excluding hydrogens is 314 g/mol. The lowest BCUT2D eigenvalue weighted by Gasteiger charge is -2.15. The lowest BCUT2D eigenvalue weighted by molar-refractivity contribution is 0.300. The summed E-state index contributed by atoms with van der Waals surface area (Å²) in [5.41, 5.74) is 1.74. The molecular formula is C17H19NO4S. The van der Waals surface area contributed by atoms with Crippen molar-refractivity contribution in [1.29, 1.82) is 0 Å². The molecule has 0 aromatic heterocycles. The Hall–Kier alpha value is -2.47. The highest BCUT2D eigenvalue weighted by atomic mass is 32.1. The zero-order valence-corrected chi connectivity index (χ0v) is 14.1. The van der Waals surface area contributed by atoms with Crippen molar-refractivity contribution >= 4 is 23.1 Å². The predicted molar refractivity (Wildman–Crippen MR) is 93.5 cm³/mol. The molecule has 0 aliphatic heterocycles. The highest BCUT2D eigenvalue weighted by Gasteiger charge is 2.14. The summed E-state index contributed by atoms with van der Waals surface area (Å²) in [4.78, 5) is 0. The number of hydrogen-bond donors (Lipinski definition) is 1. The highest BCUT2D eigenvalue weighted by molar-refractivity contribution is 7.80. The van der Waals surface area contributed by atoms with Crippen molar-refractivity contribution in [3.05, 3.63) is 48.0 Å². The largest absolute Gasteiger partial charge is 0.493 e. The van der Waals surface area contributed by atoms with Crippen LogP contribution in [0.15, 0.2) is 42.5 Å². The van der Waals surface area contributed by atoms with E-state index in [0.717, 1.165) is 5.56 Å². The van der Waals surface area contributed by atoms with Crippen molar-refractivity contribution in [2.75, 3.05) is 26.6 Å². The van der Waals surface area contributed by atoms with E-state index >= 15 is 0 Å². The van der Waals surface area contributed by atoms with E-state index in [1.807, 2.05) is 30.3 Å². The van der Waals surface area contributed by atoms with Gasteiger partial charge in [-0.3, -0.25) is 0 Å². The van der Waals surface area contributed by atoms with Crippen LogP contribution in [-0.4, -0.2) is 26.5 Å². The Bertz CT molecular complexity index is 636. The smallest absolute Gasteiger partial charge is 0.261 e. The van der Waals surface area contributed by atoms with Gasteiger partial charge < -0.3 is 24.3 Å². The maximum Gasteiger partial charge on any atom is 0.261 e. The van der Waals surface area contributed by atoms with Gasteiger partial charge >= 0.3 is 0 Å². The van der Waals surface area contributed by atoms with E-state index in [0.29, 0.717) is 29.5 Å². The first-order chi connectivity index (χ1) is 11.2. The minimum Gasteiger partial charge on any atom is -0.493 e. The molecule has 2 aromatic carbocycles. The van der Waals surface area contributed by atoms with E-state index < -0.39 is 0 Å². The number of benzene rings is 2. The van der Waals surface area contributed by atoms with Gasteiger partial charge in [-0.2, -0.15) is 0 Å². The summed E-state index contributed by atoms with van der Waals surface area (Å²) in [5.74, 6) is 1.61. The molecule has 122 valence electrons. The third-order valence-corrected chi connectivity index (χ3v) is 3.34. The van der Waals surface area contributed by atoms with Gasteiger partial charge in [0.2, 0.25) is 5.75 Å². The molecule has 6 heteroatoms. The maximum absolute atomic E-state index is 5.54. The molecule has 0 fully saturated rings. The Morgan fingerprint density at radius 2 is 1.57 bits per heavy atom. The molecule has 0 amide bonds. The first kappa shape index (κ1) is 16.9. The minimum atomic E-state index is 0.267. The van der Waals surface area contributed by atoms with Gasteiger partial charge in [0.05, 0.1) is 21.3 Å². The van der Waals surface area contributed by atoms with E-state index in [2.05, 4.69) is 5.32 Å². The van der Waals surface area contributed by atoms with Crippen molar-refractivity contribution in [1.82, 2.24) is 0 Å². The molecule has 0 spiro atoms. The van der Waals surface area contributed by atoms with E-state index in [1.54, 1.807) is 33.5 Å². The summed E-state index contributed by atoms with van der Waals surface area (Å²) < 4.78 is 21.4. The first-order valence-corrected chi connectivity index (χ1v) is 7.36. The molecule has 0 unspecified atom stereocenters. The number of nitrogens with one attached hydrogen (secondary N) is 1. The van der Waals surface area contributed by atoms with Gasteiger partial charge in [0, 0.05) is 17.8 Å². The van der Waals surface area contributed by atoms with Crippen LogP contribution < -0.4 is 19.5 Å². The number of rotatable bonds is 6. The minimum absolute atomic E-state index is 0.267. The van der Waals surface area contributed by atoms with Crippen LogP contribution in [0.25, 0.3) is 0 Å². The Labute approximate surface area is 141 Å².